The van der Waals surface area contributed by atoms with E-state index in [1.54, 1.807) is 23.7 Å². The number of sulfonamides is 1. The topological polar surface area (TPSA) is 77.5 Å². The molecule has 8 heteroatoms. The number of aromatic nitrogens is 1. The van der Waals surface area contributed by atoms with E-state index in [1.807, 2.05) is 0 Å². The molecular formula is C12H14N2O4S2. The number of benzene rings is 1. The summed E-state index contributed by atoms with van der Waals surface area (Å²) in [6, 6.07) is 4.93. The van der Waals surface area contributed by atoms with Crippen molar-refractivity contribution < 1.29 is 17.9 Å². The molecule has 1 aliphatic rings. The second-order valence-electron chi connectivity index (χ2n) is 4.40. The summed E-state index contributed by atoms with van der Waals surface area (Å²) in [4.78, 5) is 4.34. The van der Waals surface area contributed by atoms with E-state index in [0.29, 0.717) is 25.3 Å². The normalized spacial score (nSPS) is 20.3. The molecule has 1 N–H and O–H groups in total. The van der Waals surface area contributed by atoms with Gasteiger partial charge in [0.25, 0.3) is 0 Å². The fraction of sp³-hybridized carbons (Fsp3) is 0.417. The quantitative estimate of drug-likeness (QED) is 0.910. The second-order valence-corrected chi connectivity index (χ2v) is 7.05. The van der Waals surface area contributed by atoms with Crippen LogP contribution in [-0.2, 0) is 19.5 Å². The molecule has 3 rings (SSSR count). The van der Waals surface area contributed by atoms with Gasteiger partial charge < -0.3 is 9.47 Å². The molecule has 2 heterocycles. The summed E-state index contributed by atoms with van der Waals surface area (Å²) < 4.78 is 38.6. The average molecular weight is 314 g/mol. The van der Waals surface area contributed by atoms with Crippen molar-refractivity contribution in [2.45, 2.75) is 11.0 Å². The Morgan fingerprint density at radius 3 is 3.10 bits per heavy atom. The smallest absolute Gasteiger partial charge is 0.240 e. The molecule has 0 amide bonds. The lowest BCUT2D eigenvalue weighted by molar-refractivity contribution is -0.0846. The largest absolute Gasteiger partial charge is 0.376 e. The van der Waals surface area contributed by atoms with Crippen LogP contribution in [0.3, 0.4) is 0 Å². The Labute approximate surface area is 120 Å². The number of nitrogens with zero attached hydrogens (tertiary/aromatic N) is 1. The third-order valence-corrected chi connectivity index (χ3v) is 5.23. The summed E-state index contributed by atoms with van der Waals surface area (Å²) in [6.45, 7) is 1.67. The lowest BCUT2D eigenvalue weighted by atomic mass is 10.3. The standard InChI is InChI=1S/C12H14N2O4S2/c15-20(16,14-6-9-7-17-3-4-18-9)10-1-2-12-11(5-10)13-8-19-12/h1-2,5,8-9,14H,3-4,6-7H2. The highest BCUT2D eigenvalue weighted by molar-refractivity contribution is 7.89. The van der Waals surface area contributed by atoms with E-state index in [0.717, 1.165) is 4.70 Å². The summed E-state index contributed by atoms with van der Waals surface area (Å²) in [5.74, 6) is 0. The maximum absolute atomic E-state index is 12.2. The van der Waals surface area contributed by atoms with Crippen LogP contribution >= 0.6 is 11.3 Å². The van der Waals surface area contributed by atoms with Crippen molar-refractivity contribution in [2.75, 3.05) is 26.4 Å². The first-order valence-electron chi connectivity index (χ1n) is 6.17. The van der Waals surface area contributed by atoms with Gasteiger partial charge in [-0.15, -0.1) is 11.3 Å². The van der Waals surface area contributed by atoms with E-state index in [4.69, 9.17) is 9.47 Å². The van der Waals surface area contributed by atoms with Gasteiger partial charge in [-0.25, -0.2) is 18.1 Å². The predicted molar refractivity (Wildman–Crippen MR) is 75.4 cm³/mol. The SMILES string of the molecule is O=S(=O)(NCC1COCCO1)c1ccc2scnc2c1. The average Bonchev–Trinajstić information content (AvgIpc) is 2.94. The molecule has 1 atom stereocenters. The lowest BCUT2D eigenvalue weighted by Gasteiger charge is -2.23. The fourth-order valence-corrected chi connectivity index (χ4v) is 3.69. The molecule has 108 valence electrons. The van der Waals surface area contributed by atoms with Gasteiger partial charge in [-0.05, 0) is 18.2 Å². The van der Waals surface area contributed by atoms with E-state index in [1.165, 1.54) is 11.3 Å². The number of fused-ring (bicyclic) bond motifs is 1. The van der Waals surface area contributed by atoms with Crippen molar-refractivity contribution in [3.63, 3.8) is 0 Å². The maximum atomic E-state index is 12.2. The van der Waals surface area contributed by atoms with Gasteiger partial charge in [0, 0.05) is 6.54 Å². The first-order chi connectivity index (χ1) is 9.65. The van der Waals surface area contributed by atoms with Crippen LogP contribution in [0.4, 0.5) is 0 Å². The molecule has 0 saturated carbocycles. The number of hydrogen-bond acceptors (Lipinski definition) is 6. The molecule has 0 radical (unpaired) electrons. The molecule has 1 aromatic carbocycles. The zero-order chi connectivity index (χ0) is 14.0. The highest BCUT2D eigenvalue weighted by atomic mass is 32.2. The molecule has 1 fully saturated rings. The van der Waals surface area contributed by atoms with Crippen molar-refractivity contribution in [1.82, 2.24) is 9.71 Å². The van der Waals surface area contributed by atoms with Gasteiger partial charge in [0.1, 0.15) is 0 Å². The summed E-state index contributed by atoms with van der Waals surface area (Å²) >= 11 is 1.48. The molecule has 6 nitrogen and oxygen atoms in total. The number of ether oxygens (including phenoxy) is 2. The summed E-state index contributed by atoms with van der Waals surface area (Å²) in [5.41, 5.74) is 2.39. The Morgan fingerprint density at radius 2 is 2.30 bits per heavy atom. The van der Waals surface area contributed by atoms with Crippen LogP contribution in [0.15, 0.2) is 28.6 Å². The highest BCUT2D eigenvalue weighted by Gasteiger charge is 2.20. The van der Waals surface area contributed by atoms with E-state index in [-0.39, 0.29) is 17.5 Å². The van der Waals surface area contributed by atoms with Crippen LogP contribution in [0, 0.1) is 0 Å². The van der Waals surface area contributed by atoms with Gasteiger partial charge in [0.05, 0.1) is 46.5 Å². The molecule has 1 saturated heterocycles. The maximum Gasteiger partial charge on any atom is 0.240 e. The van der Waals surface area contributed by atoms with Crippen LogP contribution in [0.2, 0.25) is 0 Å². The predicted octanol–water partition coefficient (Wildman–Crippen LogP) is 0.990. The molecule has 1 aromatic heterocycles. The van der Waals surface area contributed by atoms with Gasteiger partial charge in [-0.3, -0.25) is 0 Å². The molecule has 2 aromatic rings. The Balaban J connectivity index is 1.73. The van der Waals surface area contributed by atoms with E-state index in [9.17, 15) is 8.42 Å². The van der Waals surface area contributed by atoms with Gasteiger partial charge in [0.2, 0.25) is 10.0 Å². The first-order valence-corrected chi connectivity index (χ1v) is 8.54. The summed E-state index contributed by atoms with van der Waals surface area (Å²) in [6.07, 6.45) is -0.235. The Kier molecular flexibility index (Phi) is 3.99. The molecular weight excluding hydrogens is 300 g/mol. The Hall–Kier alpha value is -1.06. The number of thiazole rings is 1. The van der Waals surface area contributed by atoms with Gasteiger partial charge in [-0.1, -0.05) is 0 Å². The zero-order valence-corrected chi connectivity index (χ0v) is 12.2. The van der Waals surface area contributed by atoms with Crippen molar-refractivity contribution >= 4 is 31.6 Å². The zero-order valence-electron chi connectivity index (χ0n) is 10.6. The van der Waals surface area contributed by atoms with E-state index >= 15 is 0 Å². The molecule has 1 unspecified atom stereocenters. The van der Waals surface area contributed by atoms with Gasteiger partial charge >= 0.3 is 0 Å². The van der Waals surface area contributed by atoms with E-state index in [2.05, 4.69) is 9.71 Å². The van der Waals surface area contributed by atoms with Crippen LogP contribution in [0.1, 0.15) is 0 Å². The first kappa shape index (κ1) is 13.9. The lowest BCUT2D eigenvalue weighted by Crippen LogP contribution is -2.39. The third kappa shape index (κ3) is 2.99. The van der Waals surface area contributed by atoms with E-state index < -0.39 is 10.0 Å². The molecule has 1 aliphatic heterocycles. The third-order valence-electron chi connectivity index (χ3n) is 3.00. The van der Waals surface area contributed by atoms with Crippen molar-refractivity contribution in [2.24, 2.45) is 0 Å². The molecule has 0 spiro atoms. The van der Waals surface area contributed by atoms with Crippen LogP contribution in [-0.4, -0.2) is 45.9 Å². The molecule has 0 bridgehead atoms. The minimum atomic E-state index is -3.55. The number of rotatable bonds is 4. The monoisotopic (exact) mass is 314 g/mol. The minimum Gasteiger partial charge on any atom is -0.376 e. The van der Waals surface area contributed by atoms with Crippen LogP contribution in [0.25, 0.3) is 10.2 Å². The summed E-state index contributed by atoms with van der Waals surface area (Å²) in [7, 11) is -3.55. The summed E-state index contributed by atoms with van der Waals surface area (Å²) in [5, 5.41) is 0. The number of nitrogens with one attached hydrogen (secondary N) is 1. The fourth-order valence-electron chi connectivity index (χ4n) is 1.95. The van der Waals surface area contributed by atoms with Crippen LogP contribution in [0.5, 0.6) is 0 Å². The van der Waals surface area contributed by atoms with Crippen LogP contribution < -0.4 is 4.72 Å². The number of hydrogen-bond donors (Lipinski definition) is 1. The van der Waals surface area contributed by atoms with Crippen molar-refractivity contribution in [1.29, 1.82) is 0 Å². The molecule has 20 heavy (non-hydrogen) atoms. The molecule has 0 aliphatic carbocycles. The van der Waals surface area contributed by atoms with Crippen molar-refractivity contribution in [3.05, 3.63) is 23.7 Å². The second kappa shape index (κ2) is 5.74. The van der Waals surface area contributed by atoms with Gasteiger partial charge in [-0.2, -0.15) is 0 Å². The highest BCUT2D eigenvalue weighted by Crippen LogP contribution is 2.21. The Bertz CT molecular complexity index is 692. The minimum absolute atomic E-state index is 0.206. The van der Waals surface area contributed by atoms with Gasteiger partial charge in [0.15, 0.2) is 0 Å². The Morgan fingerprint density at radius 1 is 1.40 bits per heavy atom. The van der Waals surface area contributed by atoms with Crippen molar-refractivity contribution in [3.8, 4) is 0 Å².